The van der Waals surface area contributed by atoms with E-state index < -0.39 is 0 Å². The second kappa shape index (κ2) is 5.59. The zero-order valence-electron chi connectivity index (χ0n) is 13.6. The van der Waals surface area contributed by atoms with Crippen molar-refractivity contribution in [1.29, 1.82) is 0 Å². The maximum absolute atomic E-state index is 11.6. The standard InChI is InChI=1S/C20H28O/c1-14-6-10-18(21)13-17(14)9-8-16-5-4-12-20(3)15(2)7-11-19(16)20/h8-9,15,19H,1,4-7,10-13H2,2-3H3/b16-8+,17-9-/t15-,19?,20+/m0/s1. The molecule has 21 heavy (non-hydrogen) atoms. The van der Waals surface area contributed by atoms with Crippen molar-refractivity contribution in [2.45, 2.75) is 65.2 Å². The second-order valence-electron chi connectivity index (χ2n) is 7.64. The van der Waals surface area contributed by atoms with Gasteiger partial charge < -0.3 is 0 Å². The number of ketones is 1. The van der Waals surface area contributed by atoms with Crippen LogP contribution in [0.15, 0.2) is 35.5 Å². The number of hydrogen-bond acceptors (Lipinski definition) is 1. The minimum atomic E-state index is 0.370. The Morgan fingerprint density at radius 2 is 2.00 bits per heavy atom. The van der Waals surface area contributed by atoms with Crippen LogP contribution in [0.2, 0.25) is 0 Å². The first-order valence-electron chi connectivity index (χ1n) is 8.60. The lowest BCUT2D eigenvalue weighted by molar-refractivity contribution is -0.118. The molecule has 3 atom stereocenters. The molecule has 3 fully saturated rings. The highest BCUT2D eigenvalue weighted by Crippen LogP contribution is 2.57. The van der Waals surface area contributed by atoms with E-state index in [1.165, 1.54) is 43.3 Å². The summed E-state index contributed by atoms with van der Waals surface area (Å²) in [7, 11) is 0. The zero-order chi connectivity index (χ0) is 15.0. The molecule has 3 aliphatic rings. The van der Waals surface area contributed by atoms with Gasteiger partial charge in [-0.3, -0.25) is 4.79 Å². The molecule has 0 aromatic carbocycles. The zero-order valence-corrected chi connectivity index (χ0v) is 13.6. The van der Waals surface area contributed by atoms with Crippen LogP contribution in [0.1, 0.15) is 65.2 Å². The molecule has 114 valence electrons. The molecule has 0 saturated heterocycles. The summed E-state index contributed by atoms with van der Waals surface area (Å²) >= 11 is 0. The monoisotopic (exact) mass is 284 g/mol. The van der Waals surface area contributed by atoms with Gasteiger partial charge in [-0.25, -0.2) is 0 Å². The van der Waals surface area contributed by atoms with Crippen LogP contribution < -0.4 is 0 Å². The van der Waals surface area contributed by atoms with Crippen LogP contribution in [-0.4, -0.2) is 5.78 Å². The van der Waals surface area contributed by atoms with Gasteiger partial charge in [-0.05, 0) is 61.3 Å². The number of carbonyl (C=O) groups is 1. The molecule has 1 heteroatoms. The molecule has 3 rings (SSSR count). The third-order valence-electron chi connectivity index (χ3n) is 6.48. The van der Waals surface area contributed by atoms with Gasteiger partial charge in [0.05, 0.1) is 0 Å². The summed E-state index contributed by atoms with van der Waals surface area (Å²) in [5.41, 5.74) is 4.50. The average Bonchev–Trinajstić information content (AvgIpc) is 2.76. The summed E-state index contributed by atoms with van der Waals surface area (Å²) in [6.07, 6.45) is 13.4. The SMILES string of the molecule is C=C1CCC(=O)C/C1=C/C=C1\CCC[C@@]2(C)C1CC[C@@H]2C. The minimum absolute atomic E-state index is 0.370. The van der Waals surface area contributed by atoms with Gasteiger partial charge in [0.15, 0.2) is 0 Å². The largest absolute Gasteiger partial charge is 0.299 e. The van der Waals surface area contributed by atoms with Gasteiger partial charge in [-0.15, -0.1) is 0 Å². The molecular formula is C20H28O. The van der Waals surface area contributed by atoms with E-state index in [4.69, 9.17) is 0 Å². The molecule has 0 amide bonds. The van der Waals surface area contributed by atoms with E-state index in [1.54, 1.807) is 5.57 Å². The van der Waals surface area contributed by atoms with Crippen molar-refractivity contribution in [1.82, 2.24) is 0 Å². The Morgan fingerprint density at radius 1 is 1.19 bits per heavy atom. The molecule has 3 saturated carbocycles. The molecular weight excluding hydrogens is 256 g/mol. The predicted octanol–water partition coefficient (Wildman–Crippen LogP) is 5.38. The molecule has 0 spiro atoms. The molecule has 0 bridgehead atoms. The highest BCUT2D eigenvalue weighted by Gasteiger charge is 2.46. The maximum atomic E-state index is 11.6. The molecule has 0 aromatic heterocycles. The summed E-state index contributed by atoms with van der Waals surface area (Å²) in [4.78, 5) is 11.6. The summed E-state index contributed by atoms with van der Waals surface area (Å²) in [6.45, 7) is 9.07. The molecule has 3 aliphatic carbocycles. The first-order chi connectivity index (χ1) is 10.0. The molecule has 0 aliphatic heterocycles. The molecule has 1 nitrogen and oxygen atoms in total. The molecule has 1 unspecified atom stereocenters. The van der Waals surface area contributed by atoms with Crippen molar-refractivity contribution in [2.75, 3.05) is 0 Å². The Balaban J connectivity index is 1.82. The lowest BCUT2D eigenvalue weighted by Crippen LogP contribution is -2.31. The van der Waals surface area contributed by atoms with E-state index in [0.29, 0.717) is 24.0 Å². The highest BCUT2D eigenvalue weighted by atomic mass is 16.1. The number of Topliss-reactive ketones (excluding diaryl/α,β-unsaturated/α-hetero) is 1. The van der Waals surface area contributed by atoms with E-state index in [-0.39, 0.29) is 0 Å². The maximum Gasteiger partial charge on any atom is 0.137 e. The van der Waals surface area contributed by atoms with Crippen LogP contribution in [-0.2, 0) is 4.79 Å². The Bertz CT molecular complexity index is 522. The van der Waals surface area contributed by atoms with Gasteiger partial charge in [-0.1, -0.05) is 43.7 Å². The van der Waals surface area contributed by atoms with Crippen molar-refractivity contribution in [2.24, 2.45) is 17.3 Å². The van der Waals surface area contributed by atoms with Crippen LogP contribution in [0.4, 0.5) is 0 Å². The lowest BCUT2D eigenvalue weighted by atomic mass is 9.64. The van der Waals surface area contributed by atoms with Crippen LogP contribution >= 0.6 is 0 Å². The smallest absolute Gasteiger partial charge is 0.137 e. The van der Waals surface area contributed by atoms with Crippen molar-refractivity contribution in [3.8, 4) is 0 Å². The fraction of sp³-hybridized carbons (Fsp3) is 0.650. The Hall–Kier alpha value is -1.11. The number of allylic oxidation sites excluding steroid dienone is 5. The number of carbonyl (C=O) groups excluding carboxylic acids is 1. The van der Waals surface area contributed by atoms with Crippen LogP contribution in [0.3, 0.4) is 0 Å². The Labute approximate surface area is 129 Å². The number of hydrogen-bond donors (Lipinski definition) is 0. The predicted molar refractivity (Wildman–Crippen MR) is 88.0 cm³/mol. The van der Waals surface area contributed by atoms with E-state index in [1.807, 2.05) is 0 Å². The topological polar surface area (TPSA) is 17.1 Å². The molecule has 0 aromatic rings. The average molecular weight is 284 g/mol. The second-order valence-corrected chi connectivity index (χ2v) is 7.64. The van der Waals surface area contributed by atoms with Gasteiger partial charge in [0.2, 0.25) is 0 Å². The third-order valence-corrected chi connectivity index (χ3v) is 6.48. The fourth-order valence-corrected chi connectivity index (χ4v) is 4.76. The van der Waals surface area contributed by atoms with Crippen LogP contribution in [0.25, 0.3) is 0 Å². The molecule has 0 radical (unpaired) electrons. The summed E-state index contributed by atoms with van der Waals surface area (Å²) in [6, 6.07) is 0. The van der Waals surface area contributed by atoms with Crippen LogP contribution in [0.5, 0.6) is 0 Å². The fourth-order valence-electron chi connectivity index (χ4n) is 4.76. The van der Waals surface area contributed by atoms with Gasteiger partial charge >= 0.3 is 0 Å². The third kappa shape index (κ3) is 2.67. The summed E-state index contributed by atoms with van der Waals surface area (Å²) in [5.74, 6) is 1.99. The van der Waals surface area contributed by atoms with Crippen molar-refractivity contribution in [3.05, 3.63) is 35.5 Å². The van der Waals surface area contributed by atoms with Crippen molar-refractivity contribution < 1.29 is 4.79 Å². The van der Waals surface area contributed by atoms with E-state index >= 15 is 0 Å². The van der Waals surface area contributed by atoms with E-state index in [9.17, 15) is 4.79 Å². The first kappa shape index (κ1) is 14.8. The van der Waals surface area contributed by atoms with Gasteiger partial charge in [0, 0.05) is 12.8 Å². The van der Waals surface area contributed by atoms with Gasteiger partial charge in [0.25, 0.3) is 0 Å². The molecule has 0 N–H and O–H groups in total. The summed E-state index contributed by atoms with van der Waals surface area (Å²) in [5, 5.41) is 0. The van der Waals surface area contributed by atoms with Crippen molar-refractivity contribution >= 4 is 5.78 Å². The quantitative estimate of drug-likeness (QED) is 0.631. The number of rotatable bonds is 1. The molecule has 0 heterocycles. The van der Waals surface area contributed by atoms with Gasteiger partial charge in [0.1, 0.15) is 5.78 Å². The first-order valence-corrected chi connectivity index (χ1v) is 8.60. The summed E-state index contributed by atoms with van der Waals surface area (Å²) < 4.78 is 0. The van der Waals surface area contributed by atoms with E-state index in [2.05, 4.69) is 32.6 Å². The number of fused-ring (bicyclic) bond motifs is 1. The normalized spacial score (nSPS) is 40.9. The highest BCUT2D eigenvalue weighted by molar-refractivity contribution is 5.84. The Morgan fingerprint density at radius 3 is 2.81 bits per heavy atom. The minimum Gasteiger partial charge on any atom is -0.299 e. The van der Waals surface area contributed by atoms with Gasteiger partial charge in [-0.2, -0.15) is 0 Å². The van der Waals surface area contributed by atoms with Crippen LogP contribution in [0, 0.1) is 17.3 Å². The Kier molecular flexibility index (Phi) is 3.94. The van der Waals surface area contributed by atoms with Crippen molar-refractivity contribution in [3.63, 3.8) is 0 Å². The lowest BCUT2D eigenvalue weighted by Gasteiger charge is -2.41. The van der Waals surface area contributed by atoms with E-state index in [0.717, 1.165) is 18.3 Å².